The summed E-state index contributed by atoms with van der Waals surface area (Å²) in [5.74, 6) is 0.435. The standard InChI is InChI=1S/C25H23F3N6O/c1-14(7-22-31-30-13-33(22)3)16-5-4-6-18(8-16)34-12-20-19(24(34)35)9-17(10-21(20)25(26,27)28)23-15(2)11-29-32-23/h4-6,8-11,13-14H,7,12H2,1-3H3,(H,29,32). The highest BCUT2D eigenvalue weighted by Gasteiger charge is 2.40. The van der Waals surface area contributed by atoms with Crippen LogP contribution in [0.15, 0.2) is 48.9 Å². The van der Waals surface area contributed by atoms with Crippen molar-refractivity contribution >= 4 is 11.6 Å². The molecule has 0 aliphatic carbocycles. The van der Waals surface area contributed by atoms with Crippen LogP contribution in [-0.4, -0.2) is 30.9 Å². The lowest BCUT2D eigenvalue weighted by molar-refractivity contribution is -0.138. The number of nitrogens with zero attached hydrogens (tertiary/aromatic N) is 5. The van der Waals surface area contributed by atoms with Crippen molar-refractivity contribution in [3.8, 4) is 11.3 Å². The predicted octanol–water partition coefficient (Wildman–Crippen LogP) is 5.04. The number of carbonyl (C=O) groups is 1. The molecule has 5 rings (SSSR count). The smallest absolute Gasteiger partial charge is 0.321 e. The molecule has 7 nitrogen and oxygen atoms in total. The van der Waals surface area contributed by atoms with E-state index in [9.17, 15) is 18.0 Å². The summed E-state index contributed by atoms with van der Waals surface area (Å²) in [7, 11) is 1.87. The van der Waals surface area contributed by atoms with Crippen molar-refractivity contribution in [2.75, 3.05) is 4.90 Å². The average Bonchev–Trinajstić information content (AvgIpc) is 3.52. The largest absolute Gasteiger partial charge is 0.416 e. The number of alkyl halides is 3. The third-order valence-electron chi connectivity index (χ3n) is 6.51. The number of hydrogen-bond acceptors (Lipinski definition) is 4. The quantitative estimate of drug-likeness (QED) is 0.434. The lowest BCUT2D eigenvalue weighted by atomic mass is 9.96. The second-order valence-corrected chi connectivity index (χ2v) is 8.93. The van der Waals surface area contributed by atoms with Crippen molar-refractivity contribution in [3.05, 3.63) is 82.6 Å². The minimum absolute atomic E-state index is 0.0130. The number of amides is 1. The van der Waals surface area contributed by atoms with E-state index in [4.69, 9.17) is 0 Å². The first-order valence-corrected chi connectivity index (χ1v) is 11.1. The lowest BCUT2D eigenvalue weighted by Crippen LogP contribution is -2.23. The minimum atomic E-state index is -4.60. The van der Waals surface area contributed by atoms with E-state index in [2.05, 4.69) is 20.4 Å². The normalized spacial score (nSPS) is 14.5. The monoisotopic (exact) mass is 480 g/mol. The van der Waals surface area contributed by atoms with E-state index >= 15 is 0 Å². The van der Waals surface area contributed by atoms with E-state index in [1.807, 2.05) is 36.7 Å². The molecular formula is C25H23F3N6O. The lowest BCUT2D eigenvalue weighted by Gasteiger charge is -2.19. The summed E-state index contributed by atoms with van der Waals surface area (Å²) >= 11 is 0. The second kappa shape index (κ2) is 8.37. The van der Waals surface area contributed by atoms with Crippen LogP contribution in [0.1, 0.15) is 51.3 Å². The summed E-state index contributed by atoms with van der Waals surface area (Å²) in [6.45, 7) is 3.64. The Labute approximate surface area is 199 Å². The Morgan fingerprint density at radius 1 is 1.20 bits per heavy atom. The van der Waals surface area contributed by atoms with Crippen molar-refractivity contribution in [2.45, 2.75) is 38.9 Å². The number of H-pyrrole nitrogens is 1. The van der Waals surface area contributed by atoms with Gasteiger partial charge in [-0.3, -0.25) is 9.89 Å². The number of aryl methyl sites for hydroxylation is 2. The van der Waals surface area contributed by atoms with Crippen LogP contribution in [0.25, 0.3) is 11.3 Å². The number of aromatic nitrogens is 5. The molecule has 0 bridgehead atoms. The van der Waals surface area contributed by atoms with Gasteiger partial charge in [0.05, 0.1) is 24.0 Å². The van der Waals surface area contributed by atoms with Gasteiger partial charge in [0.2, 0.25) is 0 Å². The van der Waals surface area contributed by atoms with Gasteiger partial charge in [0.25, 0.3) is 5.91 Å². The Hall–Kier alpha value is -3.95. The second-order valence-electron chi connectivity index (χ2n) is 8.93. The van der Waals surface area contributed by atoms with E-state index in [1.165, 1.54) is 17.2 Å². The van der Waals surface area contributed by atoms with Gasteiger partial charge in [-0.15, -0.1) is 10.2 Å². The molecule has 1 atom stereocenters. The summed E-state index contributed by atoms with van der Waals surface area (Å²) in [4.78, 5) is 14.8. The topological polar surface area (TPSA) is 79.7 Å². The van der Waals surface area contributed by atoms with E-state index in [1.54, 1.807) is 19.3 Å². The molecule has 0 saturated heterocycles. The molecule has 3 heterocycles. The van der Waals surface area contributed by atoms with Crippen LogP contribution in [0.4, 0.5) is 18.9 Å². The van der Waals surface area contributed by atoms with Gasteiger partial charge in [-0.2, -0.15) is 18.3 Å². The highest BCUT2D eigenvalue weighted by Crippen LogP contribution is 2.41. The number of rotatable bonds is 5. The van der Waals surface area contributed by atoms with Crippen LogP contribution in [0.5, 0.6) is 0 Å². The van der Waals surface area contributed by atoms with Crippen LogP contribution in [0.3, 0.4) is 0 Å². The van der Waals surface area contributed by atoms with Crippen molar-refractivity contribution in [1.82, 2.24) is 25.0 Å². The fourth-order valence-corrected chi connectivity index (χ4v) is 4.54. The predicted molar refractivity (Wildman–Crippen MR) is 124 cm³/mol. The first-order valence-electron chi connectivity index (χ1n) is 11.1. The molecule has 0 fully saturated rings. The molecule has 1 amide bonds. The van der Waals surface area contributed by atoms with Gasteiger partial charge in [-0.1, -0.05) is 19.1 Å². The van der Waals surface area contributed by atoms with Gasteiger partial charge in [-0.05, 0) is 53.8 Å². The van der Waals surface area contributed by atoms with Crippen LogP contribution in [0, 0.1) is 6.92 Å². The Morgan fingerprint density at radius 2 is 2.00 bits per heavy atom. The SMILES string of the molecule is Cc1cn[nH]c1-c1cc2c(c(C(F)(F)F)c1)CN(c1cccc(C(C)Cc3nncn3C)c1)C2=O. The Morgan fingerprint density at radius 3 is 2.66 bits per heavy atom. The number of anilines is 1. The summed E-state index contributed by atoms with van der Waals surface area (Å²) in [6, 6.07) is 9.98. The first kappa shape index (κ1) is 22.8. The number of benzene rings is 2. The van der Waals surface area contributed by atoms with Gasteiger partial charge < -0.3 is 9.47 Å². The molecule has 2 aromatic carbocycles. The number of aromatic amines is 1. The summed E-state index contributed by atoms with van der Waals surface area (Å²) in [6.07, 6.45) is -0.788. The van der Waals surface area contributed by atoms with Gasteiger partial charge >= 0.3 is 6.18 Å². The van der Waals surface area contributed by atoms with Crippen LogP contribution in [-0.2, 0) is 26.2 Å². The zero-order valence-corrected chi connectivity index (χ0v) is 19.4. The van der Waals surface area contributed by atoms with Crippen LogP contribution in [0.2, 0.25) is 0 Å². The maximum atomic E-state index is 14.0. The van der Waals surface area contributed by atoms with E-state index in [-0.39, 0.29) is 29.2 Å². The summed E-state index contributed by atoms with van der Waals surface area (Å²) in [5.41, 5.74) is 2.20. The number of halogens is 3. The molecule has 1 unspecified atom stereocenters. The number of carbonyl (C=O) groups excluding carboxylic acids is 1. The number of hydrogen-bond donors (Lipinski definition) is 1. The molecule has 1 aliphatic heterocycles. The fraction of sp³-hybridized carbons (Fsp3) is 0.280. The van der Waals surface area contributed by atoms with Crippen molar-refractivity contribution < 1.29 is 18.0 Å². The molecule has 35 heavy (non-hydrogen) atoms. The molecule has 10 heteroatoms. The van der Waals surface area contributed by atoms with E-state index in [0.717, 1.165) is 17.5 Å². The van der Waals surface area contributed by atoms with Crippen molar-refractivity contribution in [2.24, 2.45) is 7.05 Å². The Balaban J connectivity index is 1.50. The fourth-order valence-electron chi connectivity index (χ4n) is 4.54. The van der Waals surface area contributed by atoms with Crippen LogP contribution >= 0.6 is 0 Å². The summed E-state index contributed by atoms with van der Waals surface area (Å²) in [5, 5.41) is 14.7. The molecule has 1 N–H and O–H groups in total. The average molecular weight is 480 g/mol. The van der Waals surface area contributed by atoms with E-state index in [0.29, 0.717) is 23.4 Å². The van der Waals surface area contributed by atoms with Gasteiger partial charge in [0.15, 0.2) is 0 Å². The van der Waals surface area contributed by atoms with Crippen LogP contribution < -0.4 is 4.90 Å². The zero-order valence-electron chi connectivity index (χ0n) is 19.4. The zero-order chi connectivity index (χ0) is 24.9. The molecule has 0 radical (unpaired) electrons. The van der Waals surface area contributed by atoms with Gasteiger partial charge in [-0.25, -0.2) is 0 Å². The molecule has 0 spiro atoms. The molecule has 180 valence electrons. The van der Waals surface area contributed by atoms with Gasteiger partial charge in [0.1, 0.15) is 12.2 Å². The highest BCUT2D eigenvalue weighted by molar-refractivity contribution is 6.11. The molecule has 0 saturated carbocycles. The molecule has 2 aromatic heterocycles. The van der Waals surface area contributed by atoms with Crippen molar-refractivity contribution in [3.63, 3.8) is 0 Å². The molecule has 1 aliphatic rings. The van der Waals surface area contributed by atoms with E-state index < -0.39 is 17.6 Å². The third-order valence-corrected chi connectivity index (χ3v) is 6.51. The maximum absolute atomic E-state index is 14.0. The Bertz CT molecular complexity index is 1420. The first-order chi connectivity index (χ1) is 16.6. The number of fused-ring (bicyclic) bond motifs is 1. The van der Waals surface area contributed by atoms with Crippen molar-refractivity contribution in [1.29, 1.82) is 0 Å². The maximum Gasteiger partial charge on any atom is 0.416 e. The molecular weight excluding hydrogens is 457 g/mol. The molecule has 4 aromatic rings. The Kier molecular flexibility index (Phi) is 5.46. The number of nitrogens with one attached hydrogen (secondary N) is 1. The third kappa shape index (κ3) is 4.09. The van der Waals surface area contributed by atoms with Gasteiger partial charge in [0, 0.05) is 30.3 Å². The highest BCUT2D eigenvalue weighted by atomic mass is 19.4. The summed E-state index contributed by atoms with van der Waals surface area (Å²) < 4.78 is 44.0. The minimum Gasteiger partial charge on any atom is -0.321 e.